The van der Waals surface area contributed by atoms with Crippen LogP contribution in [0.3, 0.4) is 0 Å². The number of β-amino-alcohol motifs (C(OH)–C–C–N with tert-alkyl or cyclic N) is 1. The summed E-state index contributed by atoms with van der Waals surface area (Å²) in [4.78, 5) is 2.32. The first-order valence-electron chi connectivity index (χ1n) is 5.78. The van der Waals surface area contributed by atoms with Crippen molar-refractivity contribution in [2.45, 2.75) is 45.3 Å². The van der Waals surface area contributed by atoms with E-state index in [0.717, 1.165) is 45.5 Å². The molecule has 3 heteroatoms. The third kappa shape index (κ3) is 3.95. The molecule has 1 fully saturated rings. The van der Waals surface area contributed by atoms with E-state index < -0.39 is 0 Å². The van der Waals surface area contributed by atoms with Crippen molar-refractivity contribution in [2.75, 3.05) is 26.2 Å². The van der Waals surface area contributed by atoms with Crippen LogP contribution in [0.15, 0.2) is 0 Å². The lowest BCUT2D eigenvalue weighted by Crippen LogP contribution is -2.45. The van der Waals surface area contributed by atoms with Crippen LogP contribution in [0.4, 0.5) is 0 Å². The maximum Gasteiger partial charge on any atom is 0.0700 e. The number of aliphatic hydroxyl groups is 1. The summed E-state index contributed by atoms with van der Waals surface area (Å²) in [5, 5.41) is 9.68. The molecule has 0 radical (unpaired) electrons. The van der Waals surface area contributed by atoms with Gasteiger partial charge in [-0.3, -0.25) is 4.90 Å². The minimum atomic E-state index is -0.157. The molecule has 2 atom stereocenters. The highest BCUT2D eigenvalue weighted by atomic mass is 16.5. The SMILES string of the molecule is CCCC(O)CN1CCOC(CC)C1. The first-order chi connectivity index (χ1) is 6.76. The zero-order valence-electron chi connectivity index (χ0n) is 9.41. The van der Waals surface area contributed by atoms with Crippen molar-refractivity contribution >= 4 is 0 Å². The van der Waals surface area contributed by atoms with Crippen LogP contribution < -0.4 is 0 Å². The molecular weight excluding hydrogens is 178 g/mol. The Hall–Kier alpha value is -0.120. The maximum absolute atomic E-state index is 9.68. The highest BCUT2D eigenvalue weighted by Crippen LogP contribution is 2.09. The van der Waals surface area contributed by atoms with E-state index in [1.54, 1.807) is 0 Å². The number of rotatable bonds is 5. The molecule has 84 valence electrons. The van der Waals surface area contributed by atoms with Crippen molar-refractivity contribution in [1.29, 1.82) is 0 Å². The van der Waals surface area contributed by atoms with Crippen LogP contribution in [-0.4, -0.2) is 48.5 Å². The van der Waals surface area contributed by atoms with Crippen LogP contribution in [0, 0.1) is 0 Å². The van der Waals surface area contributed by atoms with E-state index in [-0.39, 0.29) is 6.10 Å². The van der Waals surface area contributed by atoms with Gasteiger partial charge < -0.3 is 9.84 Å². The Morgan fingerprint density at radius 3 is 2.93 bits per heavy atom. The number of hydrogen-bond donors (Lipinski definition) is 1. The normalized spacial score (nSPS) is 26.4. The van der Waals surface area contributed by atoms with Gasteiger partial charge in [-0.05, 0) is 12.8 Å². The van der Waals surface area contributed by atoms with E-state index in [2.05, 4.69) is 18.7 Å². The summed E-state index contributed by atoms with van der Waals surface area (Å²) in [6, 6.07) is 0. The summed E-state index contributed by atoms with van der Waals surface area (Å²) >= 11 is 0. The van der Waals surface area contributed by atoms with Gasteiger partial charge in [-0.25, -0.2) is 0 Å². The van der Waals surface area contributed by atoms with E-state index >= 15 is 0 Å². The summed E-state index contributed by atoms with van der Waals surface area (Å²) in [5.74, 6) is 0. The molecule has 0 aromatic carbocycles. The molecule has 1 aliphatic rings. The van der Waals surface area contributed by atoms with E-state index in [9.17, 15) is 5.11 Å². The molecule has 0 aliphatic carbocycles. The number of aliphatic hydroxyl groups excluding tert-OH is 1. The Bertz CT molecular complexity index is 152. The standard InChI is InChI=1S/C11H23NO2/c1-3-5-10(13)8-12-6-7-14-11(4-2)9-12/h10-11,13H,3-9H2,1-2H3. The van der Waals surface area contributed by atoms with Crippen LogP contribution >= 0.6 is 0 Å². The minimum Gasteiger partial charge on any atom is -0.392 e. The van der Waals surface area contributed by atoms with Gasteiger partial charge in [0.2, 0.25) is 0 Å². The van der Waals surface area contributed by atoms with E-state index in [0.29, 0.717) is 6.10 Å². The molecule has 1 saturated heterocycles. The van der Waals surface area contributed by atoms with Crippen molar-refractivity contribution in [3.63, 3.8) is 0 Å². The highest BCUT2D eigenvalue weighted by molar-refractivity contribution is 4.72. The second kappa shape index (κ2) is 6.38. The summed E-state index contributed by atoms with van der Waals surface area (Å²) in [6.07, 6.45) is 3.25. The molecule has 0 aromatic rings. The van der Waals surface area contributed by atoms with Crippen molar-refractivity contribution in [1.82, 2.24) is 4.90 Å². The number of ether oxygens (including phenoxy) is 1. The molecule has 1 heterocycles. The second-order valence-corrected chi connectivity index (χ2v) is 4.10. The topological polar surface area (TPSA) is 32.7 Å². The van der Waals surface area contributed by atoms with E-state index in [4.69, 9.17) is 4.74 Å². The molecule has 3 nitrogen and oxygen atoms in total. The van der Waals surface area contributed by atoms with Crippen LogP contribution in [0.25, 0.3) is 0 Å². The number of nitrogens with zero attached hydrogens (tertiary/aromatic N) is 1. The van der Waals surface area contributed by atoms with Crippen LogP contribution in [0.5, 0.6) is 0 Å². The highest BCUT2D eigenvalue weighted by Gasteiger charge is 2.20. The summed E-state index contributed by atoms with van der Waals surface area (Å²) in [7, 11) is 0. The zero-order valence-corrected chi connectivity index (χ0v) is 9.41. The lowest BCUT2D eigenvalue weighted by atomic mass is 10.1. The summed E-state index contributed by atoms with van der Waals surface area (Å²) < 4.78 is 5.58. The van der Waals surface area contributed by atoms with Gasteiger partial charge in [-0.2, -0.15) is 0 Å². The Balaban J connectivity index is 2.22. The average Bonchev–Trinajstić information content (AvgIpc) is 2.18. The summed E-state index contributed by atoms with van der Waals surface area (Å²) in [6.45, 7) is 7.84. The molecule has 0 saturated carbocycles. The predicted octanol–water partition coefficient (Wildman–Crippen LogP) is 1.26. The van der Waals surface area contributed by atoms with Crippen molar-refractivity contribution in [2.24, 2.45) is 0 Å². The van der Waals surface area contributed by atoms with Gasteiger partial charge >= 0.3 is 0 Å². The first kappa shape index (κ1) is 12.0. The Kier molecular flexibility index (Phi) is 5.45. The summed E-state index contributed by atoms with van der Waals surface area (Å²) in [5.41, 5.74) is 0. The molecule has 1 rings (SSSR count). The largest absolute Gasteiger partial charge is 0.392 e. The van der Waals surface area contributed by atoms with Gasteiger partial charge in [0.05, 0.1) is 18.8 Å². The van der Waals surface area contributed by atoms with Crippen LogP contribution in [0.2, 0.25) is 0 Å². The van der Waals surface area contributed by atoms with Gasteiger partial charge in [-0.1, -0.05) is 20.3 Å². The third-order valence-electron chi connectivity index (χ3n) is 2.77. The van der Waals surface area contributed by atoms with Crippen molar-refractivity contribution in [3.8, 4) is 0 Å². The maximum atomic E-state index is 9.68. The zero-order chi connectivity index (χ0) is 10.4. The van der Waals surface area contributed by atoms with Gasteiger partial charge in [-0.15, -0.1) is 0 Å². The molecular formula is C11H23NO2. The van der Waals surface area contributed by atoms with Gasteiger partial charge in [0, 0.05) is 19.6 Å². The lowest BCUT2D eigenvalue weighted by molar-refractivity contribution is -0.0421. The smallest absolute Gasteiger partial charge is 0.0700 e. The van der Waals surface area contributed by atoms with Crippen LogP contribution in [0.1, 0.15) is 33.1 Å². The first-order valence-corrected chi connectivity index (χ1v) is 5.78. The third-order valence-corrected chi connectivity index (χ3v) is 2.77. The lowest BCUT2D eigenvalue weighted by Gasteiger charge is -2.33. The Morgan fingerprint density at radius 2 is 2.29 bits per heavy atom. The molecule has 1 aliphatic heterocycles. The monoisotopic (exact) mass is 201 g/mol. The second-order valence-electron chi connectivity index (χ2n) is 4.10. The van der Waals surface area contributed by atoms with E-state index in [1.807, 2.05) is 0 Å². The van der Waals surface area contributed by atoms with Crippen molar-refractivity contribution in [3.05, 3.63) is 0 Å². The Morgan fingerprint density at radius 1 is 1.50 bits per heavy atom. The minimum absolute atomic E-state index is 0.157. The molecule has 0 aromatic heterocycles. The fourth-order valence-corrected chi connectivity index (χ4v) is 1.92. The molecule has 0 amide bonds. The number of hydrogen-bond acceptors (Lipinski definition) is 3. The van der Waals surface area contributed by atoms with Crippen LogP contribution in [-0.2, 0) is 4.74 Å². The quantitative estimate of drug-likeness (QED) is 0.727. The molecule has 0 bridgehead atoms. The van der Waals surface area contributed by atoms with Gasteiger partial charge in [0.25, 0.3) is 0 Å². The Labute approximate surface area is 87.1 Å². The van der Waals surface area contributed by atoms with E-state index in [1.165, 1.54) is 0 Å². The fraction of sp³-hybridized carbons (Fsp3) is 1.00. The fourth-order valence-electron chi connectivity index (χ4n) is 1.92. The average molecular weight is 201 g/mol. The molecule has 2 unspecified atom stereocenters. The van der Waals surface area contributed by atoms with Crippen molar-refractivity contribution < 1.29 is 9.84 Å². The molecule has 14 heavy (non-hydrogen) atoms. The van der Waals surface area contributed by atoms with Gasteiger partial charge in [0.1, 0.15) is 0 Å². The van der Waals surface area contributed by atoms with Gasteiger partial charge in [0.15, 0.2) is 0 Å². The molecule has 0 spiro atoms. The molecule has 1 N–H and O–H groups in total. The predicted molar refractivity (Wildman–Crippen MR) is 57.4 cm³/mol. The number of morpholine rings is 1.